The van der Waals surface area contributed by atoms with Crippen molar-refractivity contribution in [2.45, 2.75) is 25.4 Å². The molecule has 110 valence electrons. The molecule has 0 heterocycles. The van der Waals surface area contributed by atoms with Gasteiger partial charge in [0.1, 0.15) is 24.7 Å². The van der Waals surface area contributed by atoms with Crippen LogP contribution in [0.2, 0.25) is 0 Å². The molecule has 0 bridgehead atoms. The van der Waals surface area contributed by atoms with Crippen molar-refractivity contribution >= 4 is 0 Å². The number of hydrogen-bond acceptors (Lipinski definition) is 3. The van der Waals surface area contributed by atoms with Crippen LogP contribution in [0.5, 0.6) is 11.5 Å². The van der Waals surface area contributed by atoms with Gasteiger partial charge >= 0.3 is 0 Å². The van der Waals surface area contributed by atoms with Crippen molar-refractivity contribution in [1.29, 1.82) is 0 Å². The molecule has 0 amide bonds. The van der Waals surface area contributed by atoms with E-state index in [-0.39, 0.29) is 6.10 Å². The Morgan fingerprint density at radius 3 is 2.52 bits per heavy atom. The second kappa shape index (κ2) is 6.64. The molecule has 2 aromatic carbocycles. The maximum absolute atomic E-state index is 10.0. The van der Waals surface area contributed by atoms with Crippen LogP contribution in [-0.2, 0) is 6.42 Å². The van der Waals surface area contributed by atoms with Crippen molar-refractivity contribution in [3.05, 3.63) is 59.7 Å². The highest BCUT2D eigenvalue weighted by atomic mass is 16.5. The van der Waals surface area contributed by atoms with Gasteiger partial charge in [-0.3, -0.25) is 0 Å². The number of aryl methyl sites for hydroxylation is 1. The molecular weight excluding hydrogens is 264 g/mol. The number of aliphatic hydroxyl groups is 1. The molecule has 3 rings (SSSR count). The van der Waals surface area contributed by atoms with Crippen molar-refractivity contribution in [1.82, 2.24) is 0 Å². The number of aliphatic hydroxyl groups excluding tert-OH is 1. The Balaban J connectivity index is 1.53. The Morgan fingerprint density at radius 2 is 1.71 bits per heavy atom. The SMILES string of the molecule is O[C@H]1CCCc2ccc(OCCOc3ccccc3)cc21. The van der Waals surface area contributed by atoms with Gasteiger partial charge < -0.3 is 14.6 Å². The first-order chi connectivity index (χ1) is 10.3. The molecule has 3 heteroatoms. The first-order valence-corrected chi connectivity index (χ1v) is 7.44. The van der Waals surface area contributed by atoms with Crippen LogP contribution >= 0.6 is 0 Å². The maximum atomic E-state index is 10.0. The predicted molar refractivity (Wildman–Crippen MR) is 81.8 cm³/mol. The van der Waals surface area contributed by atoms with Crippen LogP contribution < -0.4 is 9.47 Å². The Labute approximate surface area is 125 Å². The molecule has 1 aliphatic rings. The summed E-state index contributed by atoms with van der Waals surface area (Å²) in [5.74, 6) is 1.65. The highest BCUT2D eigenvalue weighted by Gasteiger charge is 2.18. The van der Waals surface area contributed by atoms with Crippen LogP contribution in [0.25, 0.3) is 0 Å². The normalized spacial score (nSPS) is 17.1. The molecule has 0 spiro atoms. The van der Waals surface area contributed by atoms with Gasteiger partial charge in [-0.2, -0.15) is 0 Å². The summed E-state index contributed by atoms with van der Waals surface area (Å²) in [6.07, 6.45) is 2.59. The van der Waals surface area contributed by atoms with Gasteiger partial charge in [0.05, 0.1) is 6.10 Å². The van der Waals surface area contributed by atoms with Crippen molar-refractivity contribution in [2.75, 3.05) is 13.2 Å². The summed E-state index contributed by atoms with van der Waals surface area (Å²) < 4.78 is 11.3. The molecule has 0 saturated carbocycles. The molecule has 1 aliphatic carbocycles. The first kappa shape index (κ1) is 14.0. The topological polar surface area (TPSA) is 38.7 Å². The minimum atomic E-state index is -0.349. The second-order valence-corrected chi connectivity index (χ2v) is 5.28. The number of benzene rings is 2. The van der Waals surface area contributed by atoms with E-state index in [1.807, 2.05) is 42.5 Å². The smallest absolute Gasteiger partial charge is 0.122 e. The van der Waals surface area contributed by atoms with Gasteiger partial charge in [0.25, 0.3) is 0 Å². The lowest BCUT2D eigenvalue weighted by molar-refractivity contribution is 0.155. The van der Waals surface area contributed by atoms with Gasteiger partial charge in [-0.25, -0.2) is 0 Å². The first-order valence-electron chi connectivity index (χ1n) is 7.44. The van der Waals surface area contributed by atoms with E-state index in [2.05, 4.69) is 6.07 Å². The fourth-order valence-electron chi connectivity index (χ4n) is 2.68. The second-order valence-electron chi connectivity index (χ2n) is 5.28. The van der Waals surface area contributed by atoms with Crippen LogP contribution in [0.1, 0.15) is 30.1 Å². The molecule has 0 aromatic heterocycles. The molecule has 0 radical (unpaired) electrons. The molecule has 0 saturated heterocycles. The van der Waals surface area contributed by atoms with Gasteiger partial charge in [0.2, 0.25) is 0 Å². The highest BCUT2D eigenvalue weighted by molar-refractivity contribution is 5.38. The van der Waals surface area contributed by atoms with Crippen LogP contribution in [0.15, 0.2) is 48.5 Å². The van der Waals surface area contributed by atoms with E-state index in [4.69, 9.17) is 9.47 Å². The van der Waals surface area contributed by atoms with E-state index in [9.17, 15) is 5.11 Å². The number of para-hydroxylation sites is 1. The average Bonchev–Trinajstić information content (AvgIpc) is 2.53. The summed E-state index contributed by atoms with van der Waals surface area (Å²) in [7, 11) is 0. The van der Waals surface area contributed by atoms with E-state index in [1.54, 1.807) is 0 Å². The van der Waals surface area contributed by atoms with Gasteiger partial charge in [0, 0.05) is 0 Å². The molecule has 0 unspecified atom stereocenters. The lowest BCUT2D eigenvalue weighted by Crippen LogP contribution is -2.11. The Morgan fingerprint density at radius 1 is 0.952 bits per heavy atom. The van der Waals surface area contributed by atoms with Gasteiger partial charge in [0.15, 0.2) is 0 Å². The summed E-state index contributed by atoms with van der Waals surface area (Å²) in [4.78, 5) is 0. The minimum Gasteiger partial charge on any atom is -0.490 e. The summed E-state index contributed by atoms with van der Waals surface area (Å²) in [5.41, 5.74) is 2.25. The molecule has 2 aromatic rings. The van der Waals surface area contributed by atoms with Gasteiger partial charge in [-0.15, -0.1) is 0 Å². The number of hydrogen-bond donors (Lipinski definition) is 1. The maximum Gasteiger partial charge on any atom is 0.122 e. The molecule has 1 N–H and O–H groups in total. The Hall–Kier alpha value is -2.00. The third kappa shape index (κ3) is 3.56. The van der Waals surface area contributed by atoms with E-state index >= 15 is 0 Å². The van der Waals surface area contributed by atoms with Crippen LogP contribution in [0, 0.1) is 0 Å². The Kier molecular flexibility index (Phi) is 4.41. The summed E-state index contributed by atoms with van der Waals surface area (Å²) in [6, 6.07) is 15.7. The van der Waals surface area contributed by atoms with E-state index in [0.29, 0.717) is 13.2 Å². The fourth-order valence-corrected chi connectivity index (χ4v) is 2.68. The monoisotopic (exact) mass is 284 g/mol. The van der Waals surface area contributed by atoms with E-state index in [0.717, 1.165) is 36.3 Å². The van der Waals surface area contributed by atoms with E-state index in [1.165, 1.54) is 5.56 Å². The van der Waals surface area contributed by atoms with Crippen molar-refractivity contribution in [3.63, 3.8) is 0 Å². The molecule has 1 atom stereocenters. The molecule has 21 heavy (non-hydrogen) atoms. The van der Waals surface area contributed by atoms with Crippen LogP contribution in [-0.4, -0.2) is 18.3 Å². The number of ether oxygens (including phenoxy) is 2. The highest BCUT2D eigenvalue weighted by Crippen LogP contribution is 2.32. The summed E-state index contributed by atoms with van der Waals surface area (Å²) in [5, 5.41) is 10.0. The third-order valence-corrected chi connectivity index (χ3v) is 3.76. The number of fused-ring (bicyclic) bond motifs is 1. The fraction of sp³-hybridized carbons (Fsp3) is 0.333. The predicted octanol–water partition coefficient (Wildman–Crippen LogP) is 3.51. The summed E-state index contributed by atoms with van der Waals surface area (Å²) >= 11 is 0. The summed E-state index contributed by atoms with van der Waals surface area (Å²) in [6.45, 7) is 0.993. The quantitative estimate of drug-likeness (QED) is 0.854. The molecular formula is C18H20O3. The molecule has 0 aliphatic heterocycles. The largest absolute Gasteiger partial charge is 0.490 e. The molecule has 0 fully saturated rings. The van der Waals surface area contributed by atoms with Crippen molar-refractivity contribution in [3.8, 4) is 11.5 Å². The van der Waals surface area contributed by atoms with Gasteiger partial charge in [-0.1, -0.05) is 24.3 Å². The third-order valence-electron chi connectivity index (χ3n) is 3.76. The van der Waals surface area contributed by atoms with E-state index < -0.39 is 0 Å². The lowest BCUT2D eigenvalue weighted by Gasteiger charge is -2.22. The zero-order chi connectivity index (χ0) is 14.5. The standard InChI is InChI=1S/C18H20O3/c19-18-8-4-5-14-9-10-16(13-17(14)18)21-12-11-20-15-6-2-1-3-7-15/h1-3,6-7,9-10,13,18-19H,4-5,8,11-12H2/t18-/m0/s1. The van der Waals surface area contributed by atoms with Gasteiger partial charge in [-0.05, 0) is 54.7 Å². The molecule has 3 nitrogen and oxygen atoms in total. The average molecular weight is 284 g/mol. The van der Waals surface area contributed by atoms with Crippen molar-refractivity contribution in [2.24, 2.45) is 0 Å². The van der Waals surface area contributed by atoms with Crippen LogP contribution in [0.4, 0.5) is 0 Å². The minimum absolute atomic E-state index is 0.349. The zero-order valence-corrected chi connectivity index (χ0v) is 12.0. The zero-order valence-electron chi connectivity index (χ0n) is 12.0. The number of rotatable bonds is 5. The lowest BCUT2D eigenvalue weighted by atomic mass is 9.89. The Bertz CT molecular complexity index is 580. The van der Waals surface area contributed by atoms with Crippen LogP contribution in [0.3, 0.4) is 0 Å². The van der Waals surface area contributed by atoms with Crippen molar-refractivity contribution < 1.29 is 14.6 Å².